The van der Waals surface area contributed by atoms with Crippen molar-refractivity contribution in [3.8, 4) is 5.75 Å². The van der Waals surface area contributed by atoms with Gasteiger partial charge in [0.05, 0.1) is 13.2 Å². The van der Waals surface area contributed by atoms with Crippen molar-refractivity contribution >= 4 is 5.69 Å². The fraction of sp³-hybridized carbons (Fsp3) is 0.222. The number of ether oxygens (including phenoxy) is 1. The minimum Gasteiger partial charge on any atom is -0.496 e. The first-order valence-electron chi connectivity index (χ1n) is 6.95. The molecule has 1 aliphatic rings. The lowest BCUT2D eigenvalue weighted by atomic mass is 10.0. The lowest BCUT2D eigenvalue weighted by Gasteiger charge is -2.29. The molecule has 2 nitrogen and oxygen atoms in total. The zero-order valence-electron chi connectivity index (χ0n) is 11.8. The van der Waals surface area contributed by atoms with Crippen molar-refractivity contribution < 1.29 is 4.74 Å². The highest BCUT2D eigenvalue weighted by molar-refractivity contribution is 5.61. The number of benzene rings is 2. The van der Waals surface area contributed by atoms with Crippen molar-refractivity contribution in [1.29, 1.82) is 0 Å². The Bertz CT molecular complexity index is 620. The summed E-state index contributed by atoms with van der Waals surface area (Å²) in [6.07, 6.45) is 3.09. The quantitative estimate of drug-likeness (QED) is 0.775. The summed E-state index contributed by atoms with van der Waals surface area (Å²) in [5, 5.41) is 0. The standard InChI is InChI=1S/C18H19NO/c1-3-16(15-9-5-7-11-18(15)20-2)19-13-12-14-8-4-6-10-17(14)19/h3-11,16H,1,12-13H2,2H3. The van der Waals surface area contributed by atoms with E-state index in [0.29, 0.717) is 0 Å². The molecule has 1 aliphatic heterocycles. The Hall–Kier alpha value is -2.22. The molecule has 0 aliphatic carbocycles. The molecule has 1 atom stereocenters. The van der Waals surface area contributed by atoms with Crippen LogP contribution in [0.1, 0.15) is 17.2 Å². The topological polar surface area (TPSA) is 12.5 Å². The Morgan fingerprint density at radius 3 is 2.70 bits per heavy atom. The fourth-order valence-corrected chi connectivity index (χ4v) is 2.99. The van der Waals surface area contributed by atoms with Crippen LogP contribution in [-0.2, 0) is 6.42 Å². The normalized spacial score (nSPS) is 14.8. The van der Waals surface area contributed by atoms with Crippen LogP contribution in [0.25, 0.3) is 0 Å². The molecule has 0 radical (unpaired) electrons. The second-order valence-corrected chi connectivity index (χ2v) is 4.99. The Kier molecular flexibility index (Phi) is 3.46. The number of methoxy groups -OCH3 is 1. The van der Waals surface area contributed by atoms with Gasteiger partial charge in [0.1, 0.15) is 5.75 Å². The van der Waals surface area contributed by atoms with Crippen molar-refractivity contribution in [2.24, 2.45) is 0 Å². The molecule has 0 spiro atoms. The van der Waals surface area contributed by atoms with Gasteiger partial charge in [-0.1, -0.05) is 42.5 Å². The molecule has 2 heteroatoms. The highest BCUT2D eigenvalue weighted by Crippen LogP contribution is 2.38. The van der Waals surface area contributed by atoms with Gasteiger partial charge in [-0.2, -0.15) is 0 Å². The third-order valence-corrected chi connectivity index (χ3v) is 3.94. The van der Waals surface area contributed by atoms with Gasteiger partial charge < -0.3 is 9.64 Å². The van der Waals surface area contributed by atoms with Gasteiger partial charge in [0, 0.05) is 17.8 Å². The molecule has 3 rings (SSSR count). The van der Waals surface area contributed by atoms with Crippen LogP contribution in [0.2, 0.25) is 0 Å². The van der Waals surface area contributed by atoms with Gasteiger partial charge >= 0.3 is 0 Å². The zero-order chi connectivity index (χ0) is 13.9. The summed E-state index contributed by atoms with van der Waals surface area (Å²) in [6, 6.07) is 16.9. The number of anilines is 1. The molecule has 2 aromatic rings. The molecule has 0 saturated heterocycles. The van der Waals surface area contributed by atoms with E-state index in [4.69, 9.17) is 4.74 Å². The highest BCUT2D eigenvalue weighted by atomic mass is 16.5. The first-order chi connectivity index (χ1) is 9.85. The van der Waals surface area contributed by atoms with Gasteiger partial charge in [0.25, 0.3) is 0 Å². The van der Waals surface area contributed by atoms with Gasteiger partial charge in [0.15, 0.2) is 0 Å². The average molecular weight is 265 g/mol. The van der Waals surface area contributed by atoms with Gasteiger partial charge in [-0.15, -0.1) is 6.58 Å². The molecule has 1 heterocycles. The van der Waals surface area contributed by atoms with E-state index >= 15 is 0 Å². The first-order valence-corrected chi connectivity index (χ1v) is 6.95. The van der Waals surface area contributed by atoms with E-state index in [1.165, 1.54) is 16.8 Å². The predicted molar refractivity (Wildman–Crippen MR) is 83.4 cm³/mol. The maximum atomic E-state index is 5.50. The Morgan fingerprint density at radius 1 is 1.15 bits per heavy atom. The lowest BCUT2D eigenvalue weighted by Crippen LogP contribution is -2.25. The maximum absolute atomic E-state index is 5.50. The SMILES string of the molecule is C=CC(c1ccccc1OC)N1CCc2ccccc21. The van der Waals surface area contributed by atoms with E-state index in [1.807, 2.05) is 18.2 Å². The second kappa shape index (κ2) is 5.41. The van der Waals surface area contributed by atoms with Crippen LogP contribution in [0.15, 0.2) is 61.2 Å². The van der Waals surface area contributed by atoms with Crippen molar-refractivity contribution in [3.05, 3.63) is 72.3 Å². The third kappa shape index (κ3) is 2.07. The number of para-hydroxylation sites is 2. The predicted octanol–water partition coefficient (Wildman–Crippen LogP) is 3.99. The second-order valence-electron chi connectivity index (χ2n) is 4.99. The minimum atomic E-state index is 0.148. The molecule has 102 valence electrons. The maximum Gasteiger partial charge on any atom is 0.124 e. The van der Waals surface area contributed by atoms with Crippen LogP contribution in [0, 0.1) is 0 Å². The van der Waals surface area contributed by atoms with E-state index in [2.05, 4.69) is 47.9 Å². The lowest BCUT2D eigenvalue weighted by molar-refractivity contribution is 0.407. The Labute approximate surface area is 120 Å². The Morgan fingerprint density at radius 2 is 1.90 bits per heavy atom. The summed E-state index contributed by atoms with van der Waals surface area (Å²) >= 11 is 0. The number of fused-ring (bicyclic) bond motifs is 1. The highest BCUT2D eigenvalue weighted by Gasteiger charge is 2.26. The first kappa shape index (κ1) is 12.8. The van der Waals surface area contributed by atoms with E-state index in [1.54, 1.807) is 7.11 Å². The average Bonchev–Trinajstić information content (AvgIpc) is 2.93. The largest absolute Gasteiger partial charge is 0.496 e. The van der Waals surface area contributed by atoms with Crippen molar-refractivity contribution in [2.45, 2.75) is 12.5 Å². The summed E-state index contributed by atoms with van der Waals surface area (Å²) < 4.78 is 5.50. The summed E-state index contributed by atoms with van der Waals surface area (Å²) in [5.41, 5.74) is 3.89. The smallest absolute Gasteiger partial charge is 0.124 e. The number of hydrogen-bond donors (Lipinski definition) is 0. The summed E-state index contributed by atoms with van der Waals surface area (Å²) in [6.45, 7) is 5.05. The molecular formula is C18H19NO. The zero-order valence-corrected chi connectivity index (χ0v) is 11.8. The van der Waals surface area contributed by atoms with Crippen LogP contribution >= 0.6 is 0 Å². The molecular weight excluding hydrogens is 246 g/mol. The van der Waals surface area contributed by atoms with Crippen molar-refractivity contribution in [1.82, 2.24) is 0 Å². The molecule has 0 bridgehead atoms. The fourth-order valence-electron chi connectivity index (χ4n) is 2.99. The van der Waals surface area contributed by atoms with Crippen molar-refractivity contribution in [3.63, 3.8) is 0 Å². The third-order valence-electron chi connectivity index (χ3n) is 3.94. The number of nitrogens with zero attached hydrogens (tertiary/aromatic N) is 1. The van der Waals surface area contributed by atoms with Crippen LogP contribution in [0.5, 0.6) is 5.75 Å². The van der Waals surface area contributed by atoms with Crippen LogP contribution < -0.4 is 9.64 Å². The van der Waals surface area contributed by atoms with E-state index in [-0.39, 0.29) is 6.04 Å². The van der Waals surface area contributed by atoms with Crippen LogP contribution in [0.3, 0.4) is 0 Å². The molecule has 0 fully saturated rings. The minimum absolute atomic E-state index is 0.148. The number of rotatable bonds is 4. The van der Waals surface area contributed by atoms with Crippen LogP contribution in [0.4, 0.5) is 5.69 Å². The van der Waals surface area contributed by atoms with E-state index < -0.39 is 0 Å². The summed E-state index contributed by atoms with van der Waals surface area (Å²) in [4.78, 5) is 2.40. The molecule has 1 unspecified atom stereocenters. The van der Waals surface area contributed by atoms with Crippen LogP contribution in [-0.4, -0.2) is 13.7 Å². The molecule has 0 amide bonds. The van der Waals surface area contributed by atoms with E-state index in [0.717, 1.165) is 18.7 Å². The van der Waals surface area contributed by atoms with Crippen molar-refractivity contribution in [2.75, 3.05) is 18.6 Å². The molecule has 2 aromatic carbocycles. The van der Waals surface area contributed by atoms with Gasteiger partial charge in [-0.3, -0.25) is 0 Å². The molecule has 0 N–H and O–H groups in total. The van der Waals surface area contributed by atoms with Gasteiger partial charge in [-0.05, 0) is 24.1 Å². The summed E-state index contributed by atoms with van der Waals surface area (Å²) in [7, 11) is 1.72. The molecule has 0 aromatic heterocycles. The Balaban J connectivity index is 2.01. The molecule has 20 heavy (non-hydrogen) atoms. The number of hydrogen-bond acceptors (Lipinski definition) is 2. The molecule has 0 saturated carbocycles. The summed E-state index contributed by atoms with van der Waals surface area (Å²) in [5.74, 6) is 0.918. The van der Waals surface area contributed by atoms with Gasteiger partial charge in [0.2, 0.25) is 0 Å². The van der Waals surface area contributed by atoms with Gasteiger partial charge in [-0.25, -0.2) is 0 Å². The monoisotopic (exact) mass is 265 g/mol. The van der Waals surface area contributed by atoms with E-state index in [9.17, 15) is 0 Å².